The average Bonchev–Trinajstić information content (AvgIpc) is 2.37. The highest BCUT2D eigenvalue weighted by atomic mass is 14.9. The molecule has 0 aliphatic carbocycles. The van der Waals surface area contributed by atoms with Gasteiger partial charge >= 0.3 is 0 Å². The highest BCUT2D eigenvalue weighted by molar-refractivity contribution is 5.80. The van der Waals surface area contributed by atoms with Crippen molar-refractivity contribution in [2.24, 2.45) is 16.5 Å². The van der Waals surface area contributed by atoms with E-state index in [4.69, 9.17) is 11.5 Å². The minimum atomic E-state index is 0.340. The lowest BCUT2D eigenvalue weighted by Gasteiger charge is -2.11. The molecule has 0 fully saturated rings. The van der Waals surface area contributed by atoms with E-state index >= 15 is 0 Å². The summed E-state index contributed by atoms with van der Waals surface area (Å²) in [7, 11) is 0. The molecule has 0 spiro atoms. The average molecular weight is 211 g/mol. The Morgan fingerprint density at radius 3 is 2.93 bits per heavy atom. The molecule has 1 aliphatic heterocycles. The lowest BCUT2D eigenvalue weighted by molar-refractivity contribution is 0.502. The number of amidine groups is 1. The number of hydrogen-bond acceptors (Lipinski definition) is 3. The van der Waals surface area contributed by atoms with Crippen molar-refractivity contribution in [1.82, 2.24) is 0 Å². The lowest BCUT2D eigenvalue weighted by Crippen LogP contribution is -2.15. The van der Waals surface area contributed by atoms with Crippen molar-refractivity contribution in [2.45, 2.75) is 70.4 Å². The van der Waals surface area contributed by atoms with Crippen LogP contribution in [0.25, 0.3) is 0 Å². The van der Waals surface area contributed by atoms with Crippen LogP contribution in [0, 0.1) is 0 Å². The number of nitrogens with two attached hydrogens (primary N) is 2. The minimum absolute atomic E-state index is 0.340. The van der Waals surface area contributed by atoms with Crippen LogP contribution in [0.15, 0.2) is 4.99 Å². The quantitative estimate of drug-likeness (QED) is 0.685. The third-order valence-electron chi connectivity index (χ3n) is 3.02. The Morgan fingerprint density at radius 2 is 2.20 bits per heavy atom. The predicted molar refractivity (Wildman–Crippen MR) is 66.0 cm³/mol. The first-order valence-electron chi connectivity index (χ1n) is 6.26. The molecule has 15 heavy (non-hydrogen) atoms. The molecule has 0 bridgehead atoms. The standard InChI is InChI=1S/C12H25N3/c1-10(13)6-2-3-7-11-8-4-5-9-12(14)15-11/h10-11H,2-9,13H2,1H3,(H2,14,15). The van der Waals surface area contributed by atoms with Crippen LogP contribution in [0.2, 0.25) is 0 Å². The highest BCUT2D eigenvalue weighted by Gasteiger charge is 2.11. The van der Waals surface area contributed by atoms with Gasteiger partial charge in [0.15, 0.2) is 0 Å². The normalized spacial score (nSPS) is 24.4. The van der Waals surface area contributed by atoms with E-state index in [1.54, 1.807) is 0 Å². The van der Waals surface area contributed by atoms with Gasteiger partial charge in [0.2, 0.25) is 0 Å². The zero-order valence-corrected chi connectivity index (χ0v) is 9.91. The van der Waals surface area contributed by atoms with Gasteiger partial charge in [0.1, 0.15) is 0 Å². The molecular formula is C12H25N3. The summed E-state index contributed by atoms with van der Waals surface area (Å²) in [5.74, 6) is 0.865. The van der Waals surface area contributed by atoms with Crippen molar-refractivity contribution in [2.75, 3.05) is 0 Å². The van der Waals surface area contributed by atoms with Crippen molar-refractivity contribution in [1.29, 1.82) is 0 Å². The molecule has 4 N–H and O–H groups in total. The smallest absolute Gasteiger partial charge is 0.0940 e. The zero-order valence-electron chi connectivity index (χ0n) is 9.91. The molecule has 0 aromatic carbocycles. The first-order chi connectivity index (χ1) is 7.18. The van der Waals surface area contributed by atoms with E-state index in [2.05, 4.69) is 11.9 Å². The maximum Gasteiger partial charge on any atom is 0.0940 e. The maximum absolute atomic E-state index is 5.81. The fourth-order valence-electron chi connectivity index (χ4n) is 2.10. The Labute approximate surface area is 93.3 Å². The van der Waals surface area contributed by atoms with Crippen LogP contribution in [0.5, 0.6) is 0 Å². The summed E-state index contributed by atoms with van der Waals surface area (Å²) in [5.41, 5.74) is 11.5. The molecule has 88 valence electrons. The van der Waals surface area contributed by atoms with E-state index in [0.29, 0.717) is 12.1 Å². The second-order valence-corrected chi connectivity index (χ2v) is 4.78. The number of rotatable bonds is 5. The van der Waals surface area contributed by atoms with Gasteiger partial charge in [-0.25, -0.2) is 0 Å². The van der Waals surface area contributed by atoms with Gasteiger partial charge < -0.3 is 11.5 Å². The fourth-order valence-corrected chi connectivity index (χ4v) is 2.10. The van der Waals surface area contributed by atoms with Gasteiger partial charge in [-0.15, -0.1) is 0 Å². The predicted octanol–water partition coefficient (Wildman–Crippen LogP) is 2.19. The molecule has 0 radical (unpaired) electrons. The zero-order chi connectivity index (χ0) is 11.1. The van der Waals surface area contributed by atoms with Crippen molar-refractivity contribution in [3.8, 4) is 0 Å². The highest BCUT2D eigenvalue weighted by Crippen LogP contribution is 2.17. The maximum atomic E-state index is 5.81. The molecule has 2 atom stereocenters. The van der Waals surface area contributed by atoms with E-state index in [0.717, 1.165) is 18.7 Å². The molecule has 0 saturated carbocycles. The number of aliphatic imine (C=N–C) groups is 1. The summed E-state index contributed by atoms with van der Waals surface area (Å²) in [6.45, 7) is 2.07. The Morgan fingerprint density at radius 1 is 1.40 bits per heavy atom. The van der Waals surface area contributed by atoms with Crippen LogP contribution < -0.4 is 11.5 Å². The number of hydrogen-bond donors (Lipinski definition) is 2. The summed E-state index contributed by atoms with van der Waals surface area (Å²) < 4.78 is 0. The van der Waals surface area contributed by atoms with Crippen LogP contribution in [0.4, 0.5) is 0 Å². The molecule has 0 saturated heterocycles. The van der Waals surface area contributed by atoms with Gasteiger partial charge in [-0.3, -0.25) is 4.99 Å². The van der Waals surface area contributed by atoms with Crippen LogP contribution in [0.3, 0.4) is 0 Å². The fraction of sp³-hybridized carbons (Fsp3) is 0.917. The van der Waals surface area contributed by atoms with Crippen molar-refractivity contribution >= 4 is 5.84 Å². The van der Waals surface area contributed by atoms with Gasteiger partial charge in [0, 0.05) is 12.5 Å². The third-order valence-corrected chi connectivity index (χ3v) is 3.02. The lowest BCUT2D eigenvalue weighted by atomic mass is 10.0. The van der Waals surface area contributed by atoms with E-state index in [1.165, 1.54) is 38.5 Å². The van der Waals surface area contributed by atoms with Gasteiger partial charge in [0.05, 0.1) is 11.9 Å². The van der Waals surface area contributed by atoms with Gasteiger partial charge in [-0.05, 0) is 32.6 Å². The first kappa shape index (κ1) is 12.5. The summed E-state index contributed by atoms with van der Waals surface area (Å²) >= 11 is 0. The molecule has 1 heterocycles. The summed E-state index contributed by atoms with van der Waals surface area (Å²) in [6.07, 6.45) is 9.49. The monoisotopic (exact) mass is 211 g/mol. The molecule has 1 aliphatic rings. The number of unbranched alkanes of at least 4 members (excludes halogenated alkanes) is 1. The molecule has 0 amide bonds. The van der Waals surface area contributed by atoms with E-state index in [-0.39, 0.29) is 0 Å². The van der Waals surface area contributed by atoms with E-state index < -0.39 is 0 Å². The van der Waals surface area contributed by atoms with E-state index in [1.807, 2.05) is 0 Å². The molecule has 3 heteroatoms. The second-order valence-electron chi connectivity index (χ2n) is 4.78. The van der Waals surface area contributed by atoms with Crippen molar-refractivity contribution in [3.63, 3.8) is 0 Å². The minimum Gasteiger partial charge on any atom is -0.387 e. The van der Waals surface area contributed by atoms with Crippen molar-refractivity contribution < 1.29 is 0 Å². The van der Waals surface area contributed by atoms with E-state index in [9.17, 15) is 0 Å². The first-order valence-corrected chi connectivity index (χ1v) is 6.26. The SMILES string of the molecule is CC(N)CCCCC1CCCCC(N)=N1. The molecule has 3 nitrogen and oxygen atoms in total. The van der Waals surface area contributed by atoms with Crippen molar-refractivity contribution in [3.05, 3.63) is 0 Å². The third kappa shape index (κ3) is 5.78. The Kier molecular flexibility index (Phi) is 5.69. The van der Waals surface area contributed by atoms with Crippen LogP contribution >= 0.6 is 0 Å². The molecule has 0 aromatic rings. The number of nitrogens with zero attached hydrogens (tertiary/aromatic N) is 1. The summed E-state index contributed by atoms with van der Waals surface area (Å²) in [5, 5.41) is 0. The van der Waals surface area contributed by atoms with Gasteiger partial charge in [0.25, 0.3) is 0 Å². The van der Waals surface area contributed by atoms with Gasteiger partial charge in [-0.1, -0.05) is 19.3 Å². The van der Waals surface area contributed by atoms with Crippen LogP contribution in [-0.4, -0.2) is 17.9 Å². The Hall–Kier alpha value is -0.570. The second kappa shape index (κ2) is 6.83. The van der Waals surface area contributed by atoms with Gasteiger partial charge in [-0.2, -0.15) is 0 Å². The largest absolute Gasteiger partial charge is 0.387 e. The van der Waals surface area contributed by atoms with Crippen LogP contribution in [-0.2, 0) is 0 Å². The summed E-state index contributed by atoms with van der Waals surface area (Å²) in [4.78, 5) is 4.56. The summed E-state index contributed by atoms with van der Waals surface area (Å²) in [6, 6.07) is 0.827. The van der Waals surface area contributed by atoms with Crippen LogP contribution in [0.1, 0.15) is 58.3 Å². The molecule has 2 unspecified atom stereocenters. The Bertz CT molecular complexity index is 199. The molecule has 1 rings (SSSR count). The Balaban J connectivity index is 2.16. The molecular weight excluding hydrogens is 186 g/mol. The molecule has 0 aromatic heterocycles. The topological polar surface area (TPSA) is 64.4 Å².